The molecule has 0 spiro atoms. The summed E-state index contributed by atoms with van der Waals surface area (Å²) in [4.78, 5) is 21.6. The van der Waals surface area contributed by atoms with E-state index in [2.05, 4.69) is 20.7 Å². The second-order valence-corrected chi connectivity index (χ2v) is 3.13. The number of rotatable bonds is 4. The summed E-state index contributed by atoms with van der Waals surface area (Å²) in [6.07, 6.45) is 0. The van der Waals surface area contributed by atoms with Gasteiger partial charge in [0.15, 0.2) is 0 Å². The van der Waals surface area contributed by atoms with Crippen molar-refractivity contribution in [2.24, 2.45) is 0 Å². The summed E-state index contributed by atoms with van der Waals surface area (Å²) in [6, 6.07) is 0. The second kappa shape index (κ2) is 7.33. The molecule has 14 heavy (non-hydrogen) atoms. The molecule has 0 atom stereocenters. The molecule has 0 aromatic rings. The lowest BCUT2D eigenvalue weighted by Crippen LogP contribution is -2.16. The Hall–Kier alpha value is -1.09. The molecule has 1 radical (unpaired) electrons. The van der Waals surface area contributed by atoms with Gasteiger partial charge in [-0.15, -0.1) is 0 Å². The van der Waals surface area contributed by atoms with Crippen molar-refractivity contribution >= 4 is 27.8 Å². The molecule has 0 aliphatic heterocycles. The van der Waals surface area contributed by atoms with E-state index in [-0.39, 0.29) is 16.6 Å². The van der Waals surface area contributed by atoms with Gasteiger partial charge in [-0.2, -0.15) is 0 Å². The smallest absolute Gasteiger partial charge is 0.586 e. The minimum atomic E-state index is -1.12. The average molecular weight is 215 g/mol. The Labute approximate surface area is 89.1 Å². The Morgan fingerprint density at radius 2 is 1.29 bits per heavy atom. The summed E-state index contributed by atoms with van der Waals surface area (Å²) in [7, 11) is 0. The third kappa shape index (κ3) is 6.43. The zero-order chi connectivity index (χ0) is 10.4. The molecule has 2 N–H and O–H groups in total. The fourth-order valence-electron chi connectivity index (χ4n) is 0.313. The van der Waals surface area contributed by atoms with Crippen LogP contribution in [0.1, 0.15) is 13.8 Å². The van der Waals surface area contributed by atoms with E-state index >= 15 is 0 Å². The van der Waals surface area contributed by atoms with Gasteiger partial charge in [0.1, 0.15) is 0 Å². The van der Waals surface area contributed by atoms with Crippen LogP contribution in [0.4, 0.5) is 0 Å². The first-order chi connectivity index (χ1) is 5.95. The van der Waals surface area contributed by atoms with E-state index in [1.165, 1.54) is 13.8 Å². The first-order valence-electron chi connectivity index (χ1n) is 3.50. The maximum Gasteiger partial charge on any atom is 0.886 e. The highest BCUT2D eigenvalue weighted by Gasteiger charge is 2.13. The highest BCUT2D eigenvalue weighted by Crippen LogP contribution is 1.93. The van der Waals surface area contributed by atoms with E-state index in [1.54, 1.807) is 0 Å². The van der Waals surface area contributed by atoms with Gasteiger partial charge in [-0.05, 0) is 13.8 Å². The zero-order valence-corrected chi connectivity index (χ0v) is 9.28. The van der Waals surface area contributed by atoms with E-state index in [9.17, 15) is 9.59 Å². The van der Waals surface area contributed by atoms with Gasteiger partial charge in [0, 0.05) is 11.1 Å². The molecular weight excluding hydrogens is 203 g/mol. The monoisotopic (exact) mass is 215 g/mol. The van der Waals surface area contributed by atoms with E-state index in [4.69, 9.17) is 0 Å². The van der Waals surface area contributed by atoms with Crippen LogP contribution in [0.3, 0.4) is 0 Å². The summed E-state index contributed by atoms with van der Waals surface area (Å²) >= 11 is -1.12. The highest BCUT2D eigenvalue weighted by molar-refractivity contribution is 6.28. The zero-order valence-electron chi connectivity index (χ0n) is 8.12. The molecule has 0 aromatic heterocycles. The second-order valence-electron chi connectivity index (χ2n) is 2.47. The van der Waals surface area contributed by atoms with Crippen molar-refractivity contribution in [2.75, 3.05) is 0 Å². The van der Waals surface area contributed by atoms with Crippen LogP contribution in [0.2, 0.25) is 0 Å². The van der Waals surface area contributed by atoms with Crippen LogP contribution in [0.15, 0.2) is 24.3 Å². The van der Waals surface area contributed by atoms with Crippen LogP contribution in [0, 0.1) is 0 Å². The van der Waals surface area contributed by atoms with Crippen molar-refractivity contribution < 1.29 is 22.6 Å². The molecule has 0 bridgehead atoms. The predicted octanol–water partition coefficient (Wildman–Crippen LogP) is -0.0655. The van der Waals surface area contributed by atoms with Crippen molar-refractivity contribution in [1.82, 2.24) is 0 Å². The van der Waals surface area contributed by atoms with Crippen LogP contribution in [-0.2, 0) is 17.2 Å². The summed E-state index contributed by atoms with van der Waals surface area (Å²) in [5, 5.41) is 0. The van der Waals surface area contributed by atoms with Crippen molar-refractivity contribution in [3.05, 3.63) is 24.3 Å². The third-order valence-corrected chi connectivity index (χ3v) is 1.63. The third-order valence-electron chi connectivity index (χ3n) is 1.01. The van der Waals surface area contributed by atoms with Crippen molar-refractivity contribution in [3.63, 3.8) is 0 Å². The lowest BCUT2D eigenvalue weighted by atomic mass is 10.4. The molecule has 0 aromatic carbocycles. The molecule has 0 amide bonds. The Morgan fingerprint density at radius 3 is 1.50 bits per heavy atom. The highest BCUT2D eigenvalue weighted by atomic mass is 27.2. The van der Waals surface area contributed by atoms with Gasteiger partial charge >= 0.3 is 15.9 Å². The Balaban J connectivity index is 0. The van der Waals surface area contributed by atoms with Gasteiger partial charge in [-0.25, -0.2) is 0 Å². The van der Waals surface area contributed by atoms with Crippen molar-refractivity contribution in [1.29, 1.82) is 0 Å². The normalized spacial score (nSPS) is 7.86. The molecule has 0 aliphatic carbocycles. The largest absolute Gasteiger partial charge is 0.886 e. The van der Waals surface area contributed by atoms with Gasteiger partial charge in [0.25, 0.3) is 11.9 Å². The van der Waals surface area contributed by atoms with Gasteiger partial charge in [0.05, 0.1) is 0 Å². The van der Waals surface area contributed by atoms with Crippen LogP contribution in [0.5, 0.6) is 0 Å². The number of hydrogen-bond acceptors (Lipinski definition) is 4. The van der Waals surface area contributed by atoms with Crippen molar-refractivity contribution in [3.8, 4) is 0 Å². The molecular formula is C8H12AlO5. The van der Waals surface area contributed by atoms with Gasteiger partial charge in [-0.3, -0.25) is 9.59 Å². The number of carbonyl (C=O) groups excluding carboxylic acids is 2. The fraction of sp³-hybridized carbons (Fsp3) is 0.250. The van der Waals surface area contributed by atoms with Gasteiger partial charge in [-0.1, -0.05) is 13.2 Å². The quantitative estimate of drug-likeness (QED) is 0.485. The van der Waals surface area contributed by atoms with E-state index in [0.29, 0.717) is 0 Å². The predicted molar refractivity (Wildman–Crippen MR) is 51.2 cm³/mol. The van der Waals surface area contributed by atoms with Crippen LogP contribution < -0.4 is 0 Å². The molecule has 77 valence electrons. The van der Waals surface area contributed by atoms with Crippen molar-refractivity contribution in [2.45, 2.75) is 13.8 Å². The molecule has 0 saturated carbocycles. The molecule has 0 unspecified atom stereocenters. The fourth-order valence-corrected chi connectivity index (χ4v) is 0.938. The summed E-state index contributed by atoms with van der Waals surface area (Å²) in [5.74, 6) is -1.10. The summed E-state index contributed by atoms with van der Waals surface area (Å²) in [6.45, 7) is 9.77. The van der Waals surface area contributed by atoms with E-state index in [0.717, 1.165) is 0 Å². The Bertz CT molecular complexity index is 232. The Kier molecular flexibility index (Phi) is 8.06. The SMILES string of the molecule is C=C(C)C(=O)[O][Al][O]C(=O)C(=C)C.O. The van der Waals surface area contributed by atoms with Crippen LogP contribution >= 0.6 is 0 Å². The summed E-state index contributed by atoms with van der Waals surface area (Å²) in [5.41, 5.74) is 0.553. The van der Waals surface area contributed by atoms with Crippen LogP contribution in [0.25, 0.3) is 0 Å². The minimum absolute atomic E-state index is 0. The lowest BCUT2D eigenvalue weighted by Gasteiger charge is -2.04. The first kappa shape index (κ1) is 15.4. The maximum atomic E-state index is 10.8. The summed E-state index contributed by atoms with van der Waals surface area (Å²) < 4.78 is 9.17. The molecule has 0 fully saturated rings. The average Bonchev–Trinajstić information content (AvgIpc) is 2.03. The van der Waals surface area contributed by atoms with E-state index < -0.39 is 27.8 Å². The topological polar surface area (TPSA) is 84.1 Å². The molecule has 0 rings (SSSR count). The van der Waals surface area contributed by atoms with E-state index in [1.807, 2.05) is 0 Å². The maximum absolute atomic E-state index is 10.8. The number of hydrogen-bond donors (Lipinski definition) is 0. The molecule has 0 aliphatic rings. The standard InChI is InChI=1S/2C4H6O2.Al.H2O/c2*1-3(2)4(5)6;;/h2*1H2,2H3,(H,5,6);;1H2/q;;+2;/p-2. The molecule has 0 saturated heterocycles. The molecule has 0 heterocycles. The Morgan fingerprint density at radius 1 is 1.00 bits per heavy atom. The lowest BCUT2D eigenvalue weighted by molar-refractivity contribution is -0.134. The number of carbonyl (C=O) groups is 2. The molecule has 6 heteroatoms. The van der Waals surface area contributed by atoms with Crippen LogP contribution in [-0.4, -0.2) is 33.3 Å². The molecule has 5 nitrogen and oxygen atoms in total. The van der Waals surface area contributed by atoms with Gasteiger partial charge < -0.3 is 13.1 Å². The minimum Gasteiger partial charge on any atom is -0.586 e. The van der Waals surface area contributed by atoms with Gasteiger partial charge in [0.2, 0.25) is 0 Å². The first-order valence-corrected chi connectivity index (χ1v) is 4.44.